The molecule has 112 valence electrons. The molecule has 2 aromatic carbocycles. The standard InChI is InChI=1S/C17H17BNO2.BrH/c1-13-7-8-17-15(10-13)5-3-9-19(17)12-14-4-2-6-16(11-14)18(20)21;/h2-11,20-21H,12H2,1H3;1H/q+1;/p-1. The molecule has 3 nitrogen and oxygen atoms in total. The van der Waals surface area contributed by atoms with Gasteiger partial charge in [-0.1, -0.05) is 35.9 Å². The largest absolute Gasteiger partial charge is 1.00 e. The maximum Gasteiger partial charge on any atom is 0.488 e. The normalized spacial score (nSPS) is 10.3. The maximum atomic E-state index is 9.27. The molecule has 5 heteroatoms. The van der Waals surface area contributed by atoms with Gasteiger partial charge in [0.25, 0.3) is 0 Å². The van der Waals surface area contributed by atoms with Gasteiger partial charge in [0.05, 0.1) is 0 Å². The van der Waals surface area contributed by atoms with Crippen LogP contribution < -0.4 is 27.0 Å². The first kappa shape index (κ1) is 16.7. The van der Waals surface area contributed by atoms with E-state index in [-0.39, 0.29) is 17.0 Å². The Morgan fingerprint density at radius 1 is 1.00 bits per heavy atom. The quantitative estimate of drug-likeness (QED) is 0.428. The van der Waals surface area contributed by atoms with Gasteiger partial charge in [0.15, 0.2) is 12.7 Å². The molecule has 2 N–H and O–H groups in total. The molecule has 0 aliphatic rings. The molecule has 0 radical (unpaired) electrons. The van der Waals surface area contributed by atoms with Crippen molar-refractivity contribution in [1.82, 2.24) is 0 Å². The third-order valence-corrected chi connectivity index (χ3v) is 3.64. The van der Waals surface area contributed by atoms with E-state index in [0.717, 1.165) is 11.1 Å². The van der Waals surface area contributed by atoms with Crippen molar-refractivity contribution in [2.24, 2.45) is 0 Å². The molecule has 22 heavy (non-hydrogen) atoms. The lowest BCUT2D eigenvalue weighted by atomic mass is 9.79. The minimum Gasteiger partial charge on any atom is -1.00 e. The summed E-state index contributed by atoms with van der Waals surface area (Å²) in [6, 6.07) is 17.9. The van der Waals surface area contributed by atoms with Gasteiger partial charge >= 0.3 is 7.12 Å². The van der Waals surface area contributed by atoms with Crippen LogP contribution in [0, 0.1) is 6.92 Å². The summed E-state index contributed by atoms with van der Waals surface area (Å²) in [7, 11) is -1.43. The second-order valence-electron chi connectivity index (χ2n) is 5.32. The zero-order chi connectivity index (χ0) is 14.8. The third-order valence-electron chi connectivity index (χ3n) is 3.64. The molecule has 0 spiro atoms. The highest BCUT2D eigenvalue weighted by molar-refractivity contribution is 6.58. The summed E-state index contributed by atoms with van der Waals surface area (Å²) in [4.78, 5) is 0. The van der Waals surface area contributed by atoms with Crippen LogP contribution >= 0.6 is 0 Å². The fourth-order valence-electron chi connectivity index (χ4n) is 2.59. The SMILES string of the molecule is Cc1ccc2c(ccc[n+]2Cc2cccc(B(O)O)c2)c1.[Br-]. The number of hydrogen-bond donors (Lipinski definition) is 2. The molecule has 1 aromatic heterocycles. The number of pyridine rings is 1. The number of rotatable bonds is 3. The molecule has 3 rings (SSSR count). The Labute approximate surface area is 140 Å². The Bertz CT molecular complexity index is 792. The molecule has 0 unspecified atom stereocenters. The van der Waals surface area contributed by atoms with E-state index < -0.39 is 7.12 Å². The van der Waals surface area contributed by atoms with E-state index in [4.69, 9.17) is 0 Å². The van der Waals surface area contributed by atoms with Crippen molar-refractivity contribution in [2.75, 3.05) is 0 Å². The molecule has 0 saturated carbocycles. The molecule has 0 aliphatic carbocycles. The zero-order valence-electron chi connectivity index (χ0n) is 12.3. The minimum absolute atomic E-state index is 0. The van der Waals surface area contributed by atoms with E-state index in [1.54, 1.807) is 6.07 Å². The van der Waals surface area contributed by atoms with E-state index in [2.05, 4.69) is 35.8 Å². The van der Waals surface area contributed by atoms with Crippen molar-refractivity contribution in [3.8, 4) is 0 Å². The fourth-order valence-corrected chi connectivity index (χ4v) is 2.59. The summed E-state index contributed by atoms with van der Waals surface area (Å²) in [5, 5.41) is 19.7. The van der Waals surface area contributed by atoms with Gasteiger partial charge in [-0.15, -0.1) is 0 Å². The average molecular weight is 358 g/mol. The topological polar surface area (TPSA) is 44.3 Å². The Morgan fingerprint density at radius 2 is 1.82 bits per heavy atom. The number of nitrogens with zero attached hydrogens (tertiary/aromatic N) is 1. The van der Waals surface area contributed by atoms with Gasteiger partial charge in [0.1, 0.15) is 0 Å². The van der Waals surface area contributed by atoms with Gasteiger partial charge in [0.2, 0.25) is 5.52 Å². The fraction of sp³-hybridized carbons (Fsp3) is 0.118. The number of benzene rings is 2. The van der Waals surface area contributed by atoms with Crippen molar-refractivity contribution < 1.29 is 31.6 Å². The minimum atomic E-state index is -1.43. The highest BCUT2D eigenvalue weighted by atomic mass is 79.9. The van der Waals surface area contributed by atoms with Crippen LogP contribution in [-0.4, -0.2) is 17.2 Å². The molecular weight excluding hydrogens is 341 g/mol. The monoisotopic (exact) mass is 357 g/mol. The lowest BCUT2D eigenvalue weighted by Gasteiger charge is -2.05. The predicted octanol–water partition coefficient (Wildman–Crippen LogP) is -1.83. The van der Waals surface area contributed by atoms with Crippen LogP contribution in [0.4, 0.5) is 0 Å². The number of aryl methyl sites for hydroxylation is 1. The molecule has 1 heterocycles. The molecule has 0 saturated heterocycles. The first-order valence-corrected chi connectivity index (χ1v) is 6.97. The van der Waals surface area contributed by atoms with Gasteiger partial charge in [-0.05, 0) is 24.5 Å². The summed E-state index contributed by atoms with van der Waals surface area (Å²) < 4.78 is 2.16. The molecule has 0 aliphatic heterocycles. The first-order chi connectivity index (χ1) is 10.1. The van der Waals surface area contributed by atoms with Gasteiger partial charge in [-0.3, -0.25) is 0 Å². The molecule has 0 fully saturated rings. The van der Waals surface area contributed by atoms with E-state index in [1.807, 2.05) is 30.5 Å². The first-order valence-electron chi connectivity index (χ1n) is 6.97. The average Bonchev–Trinajstić information content (AvgIpc) is 2.47. The summed E-state index contributed by atoms with van der Waals surface area (Å²) in [6.07, 6.45) is 2.04. The van der Waals surface area contributed by atoms with Crippen LogP contribution in [0.15, 0.2) is 60.8 Å². The van der Waals surface area contributed by atoms with Crippen molar-refractivity contribution in [1.29, 1.82) is 0 Å². The summed E-state index contributed by atoms with van der Waals surface area (Å²) in [5.41, 5.74) is 3.96. The molecule has 3 aromatic rings. The number of fused-ring (bicyclic) bond motifs is 1. The summed E-state index contributed by atoms with van der Waals surface area (Å²) in [6.45, 7) is 2.78. The van der Waals surface area contributed by atoms with E-state index in [1.165, 1.54) is 10.9 Å². The summed E-state index contributed by atoms with van der Waals surface area (Å²) in [5.74, 6) is 0. The predicted molar refractivity (Wildman–Crippen MR) is 84.2 cm³/mol. The van der Waals surface area contributed by atoms with Crippen molar-refractivity contribution in [3.63, 3.8) is 0 Å². The molecule has 0 atom stereocenters. The second kappa shape index (κ2) is 7.05. The summed E-state index contributed by atoms with van der Waals surface area (Å²) >= 11 is 0. The van der Waals surface area contributed by atoms with Crippen LogP contribution in [-0.2, 0) is 6.54 Å². The van der Waals surface area contributed by atoms with Crippen molar-refractivity contribution >= 4 is 23.5 Å². The van der Waals surface area contributed by atoms with Gasteiger partial charge in [-0.2, -0.15) is 4.57 Å². The second-order valence-corrected chi connectivity index (χ2v) is 5.32. The maximum absolute atomic E-state index is 9.27. The Hall–Kier alpha value is -1.69. The van der Waals surface area contributed by atoms with Crippen molar-refractivity contribution in [2.45, 2.75) is 13.5 Å². The van der Waals surface area contributed by atoms with E-state index in [9.17, 15) is 10.0 Å². The number of halogens is 1. The van der Waals surface area contributed by atoms with Crippen molar-refractivity contribution in [3.05, 3.63) is 71.9 Å². The lowest BCUT2D eigenvalue weighted by Crippen LogP contribution is -3.00. The van der Waals surface area contributed by atoms with Crippen LogP contribution in [0.3, 0.4) is 0 Å². The Morgan fingerprint density at radius 3 is 2.59 bits per heavy atom. The van der Waals surface area contributed by atoms with Gasteiger partial charge < -0.3 is 27.0 Å². The smallest absolute Gasteiger partial charge is 0.488 e. The van der Waals surface area contributed by atoms with Crippen LogP contribution in [0.5, 0.6) is 0 Å². The van der Waals surface area contributed by atoms with Gasteiger partial charge in [0, 0.05) is 23.1 Å². The van der Waals surface area contributed by atoms with E-state index in [0.29, 0.717) is 12.0 Å². The number of aromatic nitrogens is 1. The van der Waals surface area contributed by atoms with Crippen LogP contribution in [0.2, 0.25) is 0 Å². The zero-order valence-corrected chi connectivity index (χ0v) is 13.9. The van der Waals surface area contributed by atoms with E-state index >= 15 is 0 Å². The lowest BCUT2D eigenvalue weighted by molar-refractivity contribution is -0.662. The van der Waals surface area contributed by atoms with Crippen LogP contribution in [0.25, 0.3) is 10.9 Å². The number of hydrogen-bond acceptors (Lipinski definition) is 2. The van der Waals surface area contributed by atoms with Gasteiger partial charge in [-0.25, -0.2) is 0 Å². The molecular formula is C17H17BBrNO2. The highest BCUT2D eigenvalue weighted by Crippen LogP contribution is 2.12. The Balaban J connectivity index is 0.00000176. The Kier molecular flexibility index (Phi) is 5.35. The molecule has 0 amide bonds. The van der Waals surface area contributed by atoms with Crippen LogP contribution in [0.1, 0.15) is 11.1 Å². The highest BCUT2D eigenvalue weighted by Gasteiger charge is 2.13. The molecule has 0 bridgehead atoms. The third kappa shape index (κ3) is 3.55.